The minimum Gasteiger partial charge on any atom is -0.493 e. The van der Waals surface area contributed by atoms with Gasteiger partial charge in [0.25, 0.3) is 0 Å². The summed E-state index contributed by atoms with van der Waals surface area (Å²) in [6.07, 6.45) is 0. The molecule has 0 saturated carbocycles. The Morgan fingerprint density at radius 1 is 1.07 bits per heavy atom. The van der Waals surface area contributed by atoms with Crippen molar-refractivity contribution in [1.82, 2.24) is 9.29 Å². The summed E-state index contributed by atoms with van der Waals surface area (Å²) in [5.74, 6) is 1.40. The van der Waals surface area contributed by atoms with Gasteiger partial charge in [0, 0.05) is 25.2 Å². The van der Waals surface area contributed by atoms with E-state index in [9.17, 15) is 8.42 Å². The summed E-state index contributed by atoms with van der Waals surface area (Å²) >= 11 is 1.64. The molecule has 1 aromatic heterocycles. The second kappa shape index (κ2) is 8.29. The van der Waals surface area contributed by atoms with Gasteiger partial charge in [-0.1, -0.05) is 18.2 Å². The van der Waals surface area contributed by atoms with Crippen LogP contribution in [0.2, 0.25) is 0 Å². The Bertz CT molecular complexity index is 1030. The summed E-state index contributed by atoms with van der Waals surface area (Å²) < 4.78 is 31.0. The third-order valence-corrected chi connectivity index (χ3v) is 6.81. The zero-order valence-corrected chi connectivity index (χ0v) is 17.2. The number of ether oxygens (including phenoxy) is 1. The second-order valence-corrected chi connectivity index (χ2v) is 9.52. The molecule has 0 N–H and O–H groups in total. The highest BCUT2D eigenvalue weighted by molar-refractivity contribution is 7.99. The summed E-state index contributed by atoms with van der Waals surface area (Å²) in [6.45, 7) is 2.60. The number of aryl methyl sites for hydroxylation is 1. The fraction of sp³-hybridized carbons (Fsp3) is 0.250. The lowest BCUT2D eigenvalue weighted by molar-refractivity contribution is 0.343. The van der Waals surface area contributed by atoms with E-state index in [4.69, 9.17) is 4.74 Å². The first-order valence-electron chi connectivity index (χ1n) is 8.52. The topological polar surface area (TPSA) is 59.5 Å². The van der Waals surface area contributed by atoms with Crippen molar-refractivity contribution in [3.63, 3.8) is 0 Å². The summed E-state index contributed by atoms with van der Waals surface area (Å²) in [5, 5.41) is 2.15. The van der Waals surface area contributed by atoms with Crippen molar-refractivity contribution in [3.05, 3.63) is 60.2 Å². The maximum Gasteiger partial charge on any atom is 0.242 e. The normalized spacial score (nSPS) is 11.9. The summed E-state index contributed by atoms with van der Waals surface area (Å²) in [6, 6.07) is 16.7. The molecule has 0 radical (unpaired) electrons. The molecule has 2 aromatic carbocycles. The molecule has 0 bridgehead atoms. The van der Waals surface area contributed by atoms with E-state index in [-0.39, 0.29) is 4.90 Å². The first-order valence-corrected chi connectivity index (χ1v) is 10.9. The molecule has 5 nitrogen and oxygen atoms in total. The number of nitrogens with zero attached hydrogens (tertiary/aromatic N) is 2. The van der Waals surface area contributed by atoms with E-state index in [1.807, 2.05) is 18.2 Å². The van der Waals surface area contributed by atoms with Crippen LogP contribution in [0.25, 0.3) is 10.9 Å². The van der Waals surface area contributed by atoms with Crippen LogP contribution in [0.3, 0.4) is 0 Å². The standard InChI is InChI=1S/C20H22N2O3S2/c1-15-14-20(21-19-7-5-4-6-18(15)19)26-13-12-25-16-8-10-17(11-9-16)27(23,24)22(2)3/h4-11,14H,12-13H2,1-3H3. The molecule has 0 unspecified atom stereocenters. The van der Waals surface area contributed by atoms with E-state index in [1.54, 1.807) is 36.0 Å². The average molecular weight is 403 g/mol. The minimum atomic E-state index is -3.41. The van der Waals surface area contributed by atoms with Gasteiger partial charge in [0.2, 0.25) is 10.0 Å². The molecule has 142 valence electrons. The van der Waals surface area contributed by atoms with E-state index >= 15 is 0 Å². The first-order chi connectivity index (χ1) is 12.9. The number of para-hydroxylation sites is 1. The average Bonchev–Trinajstić information content (AvgIpc) is 2.65. The third kappa shape index (κ3) is 4.61. The van der Waals surface area contributed by atoms with E-state index in [0.717, 1.165) is 16.3 Å². The third-order valence-electron chi connectivity index (χ3n) is 4.10. The van der Waals surface area contributed by atoms with Gasteiger partial charge in [-0.15, -0.1) is 11.8 Å². The zero-order chi connectivity index (χ0) is 19.4. The van der Waals surface area contributed by atoms with Crippen LogP contribution < -0.4 is 4.74 Å². The predicted octanol–water partition coefficient (Wildman–Crippen LogP) is 3.96. The Morgan fingerprint density at radius 2 is 1.78 bits per heavy atom. The van der Waals surface area contributed by atoms with Crippen molar-refractivity contribution in [2.45, 2.75) is 16.8 Å². The SMILES string of the molecule is Cc1cc(SCCOc2ccc(S(=O)(=O)N(C)C)cc2)nc2ccccc12. The summed E-state index contributed by atoms with van der Waals surface area (Å²) in [5.41, 5.74) is 2.21. The van der Waals surface area contributed by atoms with Gasteiger partial charge in [-0.25, -0.2) is 17.7 Å². The van der Waals surface area contributed by atoms with E-state index in [1.165, 1.54) is 29.4 Å². The molecule has 3 aromatic rings. The molecule has 0 fully saturated rings. The molecule has 0 aliphatic heterocycles. The van der Waals surface area contributed by atoms with Gasteiger partial charge in [0.15, 0.2) is 0 Å². The van der Waals surface area contributed by atoms with E-state index < -0.39 is 10.0 Å². The number of hydrogen-bond donors (Lipinski definition) is 0. The molecule has 0 aliphatic rings. The lowest BCUT2D eigenvalue weighted by Gasteiger charge is -2.12. The van der Waals surface area contributed by atoms with Crippen LogP contribution in [0.5, 0.6) is 5.75 Å². The smallest absolute Gasteiger partial charge is 0.242 e. The Balaban J connectivity index is 1.56. The number of hydrogen-bond acceptors (Lipinski definition) is 5. The van der Waals surface area contributed by atoms with Crippen LogP contribution in [-0.4, -0.2) is 44.2 Å². The number of benzene rings is 2. The fourth-order valence-corrected chi connectivity index (χ4v) is 4.32. The Labute approximate surface area is 164 Å². The largest absolute Gasteiger partial charge is 0.493 e. The van der Waals surface area contributed by atoms with Crippen LogP contribution in [0.1, 0.15) is 5.56 Å². The molecule has 7 heteroatoms. The van der Waals surface area contributed by atoms with Crippen molar-refractivity contribution >= 4 is 32.7 Å². The molecule has 1 heterocycles. The molecule has 0 saturated heterocycles. The Hall–Kier alpha value is -2.09. The highest BCUT2D eigenvalue weighted by Crippen LogP contribution is 2.24. The van der Waals surface area contributed by atoms with Gasteiger partial charge >= 0.3 is 0 Å². The predicted molar refractivity (Wildman–Crippen MR) is 110 cm³/mol. The van der Waals surface area contributed by atoms with Gasteiger partial charge < -0.3 is 4.74 Å². The van der Waals surface area contributed by atoms with Crippen LogP contribution in [0.15, 0.2) is 64.5 Å². The highest BCUT2D eigenvalue weighted by Gasteiger charge is 2.16. The minimum absolute atomic E-state index is 0.255. The van der Waals surface area contributed by atoms with Crippen molar-refractivity contribution in [2.75, 3.05) is 26.5 Å². The number of aromatic nitrogens is 1. The highest BCUT2D eigenvalue weighted by atomic mass is 32.2. The summed E-state index contributed by atoms with van der Waals surface area (Å²) in [7, 11) is -0.385. The van der Waals surface area contributed by atoms with E-state index in [2.05, 4.69) is 24.0 Å². The quantitative estimate of drug-likeness (QED) is 0.442. The molecule has 0 aliphatic carbocycles. The van der Waals surface area contributed by atoms with Gasteiger partial charge in [0.1, 0.15) is 5.75 Å². The van der Waals surface area contributed by atoms with Crippen molar-refractivity contribution in [3.8, 4) is 5.75 Å². The van der Waals surface area contributed by atoms with Crippen molar-refractivity contribution < 1.29 is 13.2 Å². The number of sulfonamides is 1. The maximum atomic E-state index is 12.1. The second-order valence-electron chi connectivity index (χ2n) is 6.25. The van der Waals surface area contributed by atoms with E-state index in [0.29, 0.717) is 12.4 Å². The van der Waals surface area contributed by atoms with Gasteiger partial charge in [-0.05, 0) is 48.9 Å². The zero-order valence-electron chi connectivity index (χ0n) is 15.5. The van der Waals surface area contributed by atoms with Crippen LogP contribution >= 0.6 is 11.8 Å². The Morgan fingerprint density at radius 3 is 2.48 bits per heavy atom. The number of pyridine rings is 1. The Kier molecular flexibility index (Phi) is 6.04. The lowest BCUT2D eigenvalue weighted by Crippen LogP contribution is -2.22. The molecule has 3 rings (SSSR count). The van der Waals surface area contributed by atoms with Crippen molar-refractivity contribution in [2.24, 2.45) is 0 Å². The number of fused-ring (bicyclic) bond motifs is 1. The van der Waals surface area contributed by atoms with Crippen LogP contribution in [-0.2, 0) is 10.0 Å². The number of thioether (sulfide) groups is 1. The van der Waals surface area contributed by atoms with Gasteiger partial charge in [0.05, 0.1) is 22.0 Å². The molecule has 27 heavy (non-hydrogen) atoms. The fourth-order valence-electron chi connectivity index (χ4n) is 2.62. The molecular weight excluding hydrogens is 380 g/mol. The molecule has 0 spiro atoms. The van der Waals surface area contributed by atoms with Gasteiger partial charge in [-0.3, -0.25) is 0 Å². The van der Waals surface area contributed by atoms with Crippen molar-refractivity contribution in [1.29, 1.82) is 0 Å². The number of rotatable bonds is 7. The maximum absolute atomic E-state index is 12.1. The molecule has 0 atom stereocenters. The lowest BCUT2D eigenvalue weighted by atomic mass is 10.1. The van der Waals surface area contributed by atoms with Gasteiger partial charge in [-0.2, -0.15) is 0 Å². The monoisotopic (exact) mass is 402 g/mol. The molecular formula is C20H22N2O3S2. The molecule has 0 amide bonds. The van der Waals surface area contributed by atoms with Crippen LogP contribution in [0, 0.1) is 6.92 Å². The van der Waals surface area contributed by atoms with Crippen LogP contribution in [0.4, 0.5) is 0 Å². The summed E-state index contributed by atoms with van der Waals surface area (Å²) in [4.78, 5) is 4.93. The first kappa shape index (κ1) is 19.7.